The molecule has 2 nitrogen and oxygen atoms in total. The molecule has 0 aromatic heterocycles. The van der Waals surface area contributed by atoms with Crippen molar-refractivity contribution in [2.45, 2.75) is 39.0 Å². The average molecular weight is 254 g/mol. The van der Waals surface area contributed by atoms with Crippen LogP contribution in [0, 0.1) is 5.92 Å². The molecule has 1 aromatic carbocycles. The summed E-state index contributed by atoms with van der Waals surface area (Å²) in [5, 5.41) is 2.87. The van der Waals surface area contributed by atoms with E-state index in [0.717, 1.165) is 24.1 Å². The summed E-state index contributed by atoms with van der Waals surface area (Å²) < 4.78 is 0. The van der Waals surface area contributed by atoms with E-state index in [9.17, 15) is 4.79 Å². The van der Waals surface area contributed by atoms with E-state index in [0.29, 0.717) is 0 Å². The zero-order chi connectivity index (χ0) is 12.8. The van der Waals surface area contributed by atoms with Crippen LogP contribution in [0.15, 0.2) is 24.3 Å². The highest BCUT2D eigenvalue weighted by molar-refractivity contribution is 6.21. The fourth-order valence-corrected chi connectivity index (χ4v) is 2.04. The molecule has 0 aliphatic heterocycles. The molecule has 0 fully saturated rings. The molecule has 94 valence electrons. The molecule has 0 saturated heterocycles. The highest BCUT2D eigenvalue weighted by atomic mass is 35.5. The van der Waals surface area contributed by atoms with E-state index < -0.39 is 0 Å². The second-order valence-electron chi connectivity index (χ2n) is 4.21. The predicted octanol–water partition coefficient (Wildman–Crippen LogP) is 4.36. The Morgan fingerprint density at radius 3 is 2.41 bits per heavy atom. The zero-order valence-corrected chi connectivity index (χ0v) is 11.4. The van der Waals surface area contributed by atoms with Crippen LogP contribution in [0.25, 0.3) is 0 Å². The van der Waals surface area contributed by atoms with Crippen molar-refractivity contribution in [3.8, 4) is 0 Å². The van der Waals surface area contributed by atoms with Crippen molar-refractivity contribution < 1.29 is 4.79 Å². The minimum absolute atomic E-state index is 0.0775. The quantitative estimate of drug-likeness (QED) is 0.776. The maximum atomic E-state index is 12.0. The number of carbonyl (C=O) groups excluding carboxylic acids is 1. The Morgan fingerprint density at radius 1 is 1.29 bits per heavy atom. The number of carbonyl (C=O) groups is 1. The fourth-order valence-electron chi connectivity index (χ4n) is 1.85. The first-order valence-electron chi connectivity index (χ1n) is 6.14. The summed E-state index contributed by atoms with van der Waals surface area (Å²) in [6, 6.07) is 7.68. The molecule has 1 amide bonds. The third-order valence-electron chi connectivity index (χ3n) is 3.00. The number of halogens is 1. The van der Waals surface area contributed by atoms with E-state index in [1.807, 2.05) is 45.0 Å². The van der Waals surface area contributed by atoms with Gasteiger partial charge in [-0.25, -0.2) is 0 Å². The topological polar surface area (TPSA) is 29.1 Å². The summed E-state index contributed by atoms with van der Waals surface area (Å²) in [5.41, 5.74) is 1.79. The first kappa shape index (κ1) is 14.0. The number of para-hydroxylation sites is 1. The van der Waals surface area contributed by atoms with Gasteiger partial charge in [-0.15, -0.1) is 11.6 Å². The normalized spacial score (nSPS) is 12.5. The smallest absolute Gasteiger partial charge is 0.227 e. The van der Waals surface area contributed by atoms with Crippen LogP contribution in [0.4, 0.5) is 5.69 Å². The Hall–Kier alpha value is -1.02. The Labute approximate surface area is 108 Å². The van der Waals surface area contributed by atoms with Crippen molar-refractivity contribution in [3.05, 3.63) is 29.8 Å². The van der Waals surface area contributed by atoms with E-state index >= 15 is 0 Å². The Morgan fingerprint density at radius 2 is 1.88 bits per heavy atom. The maximum absolute atomic E-state index is 12.0. The molecule has 1 N–H and O–H groups in total. The summed E-state index contributed by atoms with van der Waals surface area (Å²) in [6.45, 7) is 5.97. The Bertz CT molecular complexity index is 372. The van der Waals surface area contributed by atoms with Crippen LogP contribution in [0.3, 0.4) is 0 Å². The summed E-state index contributed by atoms with van der Waals surface area (Å²) in [6.07, 6.45) is 1.72. The van der Waals surface area contributed by atoms with E-state index in [4.69, 9.17) is 11.6 Å². The highest BCUT2D eigenvalue weighted by Gasteiger charge is 2.16. The fraction of sp³-hybridized carbons (Fsp3) is 0.500. The van der Waals surface area contributed by atoms with Gasteiger partial charge in [-0.2, -0.15) is 0 Å². The van der Waals surface area contributed by atoms with Crippen molar-refractivity contribution in [1.82, 2.24) is 0 Å². The van der Waals surface area contributed by atoms with Gasteiger partial charge in [0.25, 0.3) is 0 Å². The number of alkyl halides is 1. The third kappa shape index (κ3) is 3.74. The zero-order valence-electron chi connectivity index (χ0n) is 10.7. The Balaban J connectivity index is 2.84. The first-order valence-corrected chi connectivity index (χ1v) is 6.57. The number of hydrogen-bond acceptors (Lipinski definition) is 1. The lowest BCUT2D eigenvalue weighted by atomic mass is 10.0. The molecule has 0 bridgehead atoms. The van der Waals surface area contributed by atoms with Gasteiger partial charge in [0.15, 0.2) is 0 Å². The lowest BCUT2D eigenvalue weighted by molar-refractivity contribution is -0.120. The number of benzene rings is 1. The number of rotatable bonds is 5. The summed E-state index contributed by atoms with van der Waals surface area (Å²) in [7, 11) is 0. The Kier molecular flexibility index (Phi) is 5.49. The molecule has 3 heteroatoms. The molecule has 0 heterocycles. The second kappa shape index (κ2) is 6.65. The van der Waals surface area contributed by atoms with Crippen molar-refractivity contribution in [3.63, 3.8) is 0 Å². The lowest BCUT2D eigenvalue weighted by Gasteiger charge is -2.16. The summed E-state index contributed by atoms with van der Waals surface area (Å²) >= 11 is 6.09. The van der Waals surface area contributed by atoms with Gasteiger partial charge in [-0.1, -0.05) is 32.0 Å². The average Bonchev–Trinajstić information content (AvgIpc) is 2.31. The van der Waals surface area contributed by atoms with Gasteiger partial charge in [0.05, 0.1) is 5.38 Å². The molecule has 1 atom stereocenters. The maximum Gasteiger partial charge on any atom is 0.227 e. The number of nitrogens with one attached hydrogen (secondary N) is 1. The number of hydrogen-bond donors (Lipinski definition) is 1. The van der Waals surface area contributed by atoms with Crippen LogP contribution in [0.5, 0.6) is 0 Å². The van der Waals surface area contributed by atoms with Crippen molar-refractivity contribution in [2.75, 3.05) is 5.32 Å². The van der Waals surface area contributed by atoms with E-state index in [1.54, 1.807) is 0 Å². The van der Waals surface area contributed by atoms with Crippen LogP contribution in [0.1, 0.15) is 44.6 Å². The molecule has 0 aliphatic carbocycles. The summed E-state index contributed by atoms with van der Waals surface area (Å²) in [4.78, 5) is 12.0. The molecule has 0 radical (unpaired) electrons. The van der Waals surface area contributed by atoms with Gasteiger partial charge in [0.1, 0.15) is 0 Å². The van der Waals surface area contributed by atoms with Crippen LogP contribution in [-0.2, 0) is 4.79 Å². The minimum atomic E-state index is -0.104. The highest BCUT2D eigenvalue weighted by Crippen LogP contribution is 2.27. The van der Waals surface area contributed by atoms with Crippen LogP contribution >= 0.6 is 11.6 Å². The SMILES string of the molecule is CCC(CC)C(=O)Nc1ccccc1C(C)Cl. The van der Waals surface area contributed by atoms with E-state index in [-0.39, 0.29) is 17.2 Å². The molecule has 0 aliphatic rings. The van der Waals surface area contributed by atoms with Gasteiger partial charge in [0.2, 0.25) is 5.91 Å². The predicted molar refractivity (Wildman–Crippen MR) is 73.4 cm³/mol. The van der Waals surface area contributed by atoms with Crippen LogP contribution in [0.2, 0.25) is 0 Å². The van der Waals surface area contributed by atoms with E-state index in [2.05, 4.69) is 5.32 Å². The number of amides is 1. The monoisotopic (exact) mass is 253 g/mol. The lowest BCUT2D eigenvalue weighted by Crippen LogP contribution is -2.22. The van der Waals surface area contributed by atoms with Crippen molar-refractivity contribution >= 4 is 23.2 Å². The molecule has 1 rings (SSSR count). The van der Waals surface area contributed by atoms with Crippen molar-refractivity contribution in [1.29, 1.82) is 0 Å². The van der Waals surface area contributed by atoms with Gasteiger partial charge in [-0.3, -0.25) is 4.79 Å². The van der Waals surface area contributed by atoms with Crippen LogP contribution in [-0.4, -0.2) is 5.91 Å². The largest absolute Gasteiger partial charge is 0.326 e. The second-order valence-corrected chi connectivity index (χ2v) is 4.86. The molecule has 17 heavy (non-hydrogen) atoms. The van der Waals surface area contributed by atoms with Gasteiger partial charge < -0.3 is 5.32 Å². The molecular formula is C14H20ClNO. The van der Waals surface area contributed by atoms with Crippen LogP contribution < -0.4 is 5.32 Å². The van der Waals surface area contributed by atoms with Gasteiger partial charge in [-0.05, 0) is 31.4 Å². The van der Waals surface area contributed by atoms with Crippen molar-refractivity contribution in [2.24, 2.45) is 5.92 Å². The molecule has 1 unspecified atom stereocenters. The number of anilines is 1. The summed E-state index contributed by atoms with van der Waals surface area (Å²) in [5.74, 6) is 0.161. The molecular weight excluding hydrogens is 234 g/mol. The van der Waals surface area contributed by atoms with Gasteiger partial charge in [0, 0.05) is 11.6 Å². The van der Waals surface area contributed by atoms with E-state index in [1.165, 1.54) is 0 Å². The molecule has 1 aromatic rings. The third-order valence-corrected chi connectivity index (χ3v) is 3.24. The standard InChI is InChI=1S/C14H20ClNO/c1-4-11(5-2)14(17)16-13-9-7-6-8-12(13)10(3)15/h6-11H,4-5H2,1-3H3,(H,16,17). The molecule has 0 spiro atoms. The molecule has 0 saturated carbocycles. The minimum Gasteiger partial charge on any atom is -0.326 e. The first-order chi connectivity index (χ1) is 8.10. The van der Waals surface area contributed by atoms with Gasteiger partial charge >= 0.3 is 0 Å².